The van der Waals surface area contributed by atoms with E-state index in [4.69, 9.17) is 22.5 Å². The fraction of sp³-hybridized carbons (Fsp3) is 0. The van der Waals surface area contributed by atoms with E-state index in [1.165, 1.54) is 32.7 Å². The first kappa shape index (κ1) is 31.0. The summed E-state index contributed by atoms with van der Waals surface area (Å²) in [6.07, 6.45) is 0. The van der Waals surface area contributed by atoms with Crippen molar-refractivity contribution in [3.8, 4) is 11.1 Å². The predicted octanol–water partition coefficient (Wildman–Crippen LogP) is 10.0. The van der Waals surface area contributed by atoms with Gasteiger partial charge in [0.2, 0.25) is 0 Å². The average Bonchev–Trinajstić information content (AvgIpc) is 3.18. The molecule has 4 heteroatoms. The zero-order valence-electron chi connectivity index (χ0n) is 26.2. The van der Waals surface area contributed by atoms with E-state index in [1.54, 1.807) is 0 Å². The summed E-state index contributed by atoms with van der Waals surface area (Å²) in [5.74, 6) is 0. The first-order valence-corrected chi connectivity index (χ1v) is 22.3. The molecular formula is C44H34Cl2P2. The quantitative estimate of drug-likeness (QED) is 0.146. The van der Waals surface area contributed by atoms with Gasteiger partial charge >= 0.3 is 294 Å². The molecule has 0 aliphatic rings. The monoisotopic (exact) mass is 694 g/mol. The van der Waals surface area contributed by atoms with E-state index in [1.807, 2.05) is 0 Å². The summed E-state index contributed by atoms with van der Waals surface area (Å²) >= 11 is 16.7. The number of benzene rings is 8. The SMILES string of the molecule is Cl[PH](c1ccccc1)(c1ccccc1)c1ccc2ccccc2c1-c1c([PH](Cl)(c2ccccc2)c2ccccc2)ccc2ccccc12. The molecule has 0 nitrogen and oxygen atoms in total. The van der Waals surface area contributed by atoms with Crippen molar-refractivity contribution in [2.45, 2.75) is 0 Å². The van der Waals surface area contributed by atoms with E-state index in [9.17, 15) is 0 Å². The van der Waals surface area contributed by atoms with Gasteiger partial charge < -0.3 is 0 Å². The molecule has 0 aromatic heterocycles. The molecule has 8 rings (SSSR count). The van der Waals surface area contributed by atoms with Crippen molar-refractivity contribution in [2.24, 2.45) is 0 Å². The summed E-state index contributed by atoms with van der Waals surface area (Å²) in [6.45, 7) is -6.21. The van der Waals surface area contributed by atoms with Crippen LogP contribution in [-0.2, 0) is 0 Å². The van der Waals surface area contributed by atoms with Crippen molar-refractivity contribution in [2.75, 3.05) is 0 Å². The van der Waals surface area contributed by atoms with Crippen molar-refractivity contribution in [1.82, 2.24) is 0 Å². The van der Waals surface area contributed by atoms with E-state index < -0.39 is 13.2 Å². The van der Waals surface area contributed by atoms with Gasteiger partial charge in [-0.05, 0) is 0 Å². The van der Waals surface area contributed by atoms with Crippen molar-refractivity contribution >= 4 is 89.1 Å². The Kier molecular flexibility index (Phi) is 8.38. The Balaban J connectivity index is 1.58. The Morgan fingerprint density at radius 2 is 0.542 bits per heavy atom. The molecule has 0 saturated carbocycles. The van der Waals surface area contributed by atoms with Crippen LogP contribution in [0.15, 0.2) is 194 Å². The minimum absolute atomic E-state index is 1.15. The first-order valence-electron chi connectivity index (χ1n) is 16.2. The Morgan fingerprint density at radius 3 is 0.854 bits per heavy atom. The fourth-order valence-electron chi connectivity index (χ4n) is 7.28. The van der Waals surface area contributed by atoms with Crippen molar-refractivity contribution in [1.29, 1.82) is 0 Å². The Hall–Kier alpha value is -4.28. The van der Waals surface area contributed by atoms with Gasteiger partial charge in [-0.25, -0.2) is 0 Å². The van der Waals surface area contributed by atoms with Crippen LogP contribution in [0.25, 0.3) is 32.7 Å². The van der Waals surface area contributed by atoms with E-state index in [2.05, 4.69) is 194 Å². The molecule has 0 saturated heterocycles. The molecule has 8 aromatic rings. The zero-order valence-corrected chi connectivity index (χ0v) is 29.7. The van der Waals surface area contributed by atoms with E-state index >= 15 is 0 Å². The summed E-state index contributed by atoms with van der Waals surface area (Å²) in [5, 5.41) is 11.6. The molecule has 0 aliphatic carbocycles. The third-order valence-corrected chi connectivity index (χ3v) is 20.2. The van der Waals surface area contributed by atoms with Crippen LogP contribution in [0.4, 0.5) is 0 Å². The topological polar surface area (TPSA) is 0 Å². The van der Waals surface area contributed by atoms with Gasteiger partial charge in [-0.1, -0.05) is 0 Å². The van der Waals surface area contributed by atoms with Gasteiger partial charge in [-0.15, -0.1) is 0 Å². The van der Waals surface area contributed by atoms with Gasteiger partial charge in [-0.3, -0.25) is 0 Å². The fourth-order valence-corrected chi connectivity index (χ4v) is 16.1. The second kappa shape index (κ2) is 13.0. The molecule has 0 N–H and O–H groups in total. The van der Waals surface area contributed by atoms with Gasteiger partial charge in [0.15, 0.2) is 0 Å². The van der Waals surface area contributed by atoms with Crippen LogP contribution in [0.3, 0.4) is 0 Å². The second-order valence-corrected chi connectivity index (χ2v) is 21.6. The van der Waals surface area contributed by atoms with Crippen LogP contribution in [0, 0.1) is 0 Å². The Labute approximate surface area is 292 Å². The maximum atomic E-state index is 8.34. The number of hydrogen-bond acceptors (Lipinski definition) is 0. The third kappa shape index (κ3) is 5.17. The number of hydrogen-bond donors (Lipinski definition) is 0. The standard InChI is InChI=1S/C44H34Cl2P2/c45-47(35-19-5-1-6-20-35,36-21-7-2-8-22-36)41-31-29-33-17-13-15-27-39(33)43(41)44-40-28-16-14-18-34(40)30-32-42(44)48(46,37-23-9-3-10-24-37)38-25-11-4-12-26-38/h1-32,47-48H. The maximum absolute atomic E-state index is 8.34. The third-order valence-electron chi connectivity index (χ3n) is 9.54. The summed E-state index contributed by atoms with van der Waals surface area (Å²) in [4.78, 5) is 0. The second-order valence-electron chi connectivity index (χ2n) is 12.2. The summed E-state index contributed by atoms with van der Waals surface area (Å²) in [7, 11) is 0. The molecule has 0 heterocycles. The number of rotatable bonds is 7. The Morgan fingerprint density at radius 1 is 0.271 bits per heavy atom. The van der Waals surface area contributed by atoms with Crippen LogP contribution in [0.1, 0.15) is 0 Å². The zero-order chi connectivity index (χ0) is 32.6. The molecular weight excluding hydrogens is 661 g/mol. The molecule has 0 radical (unpaired) electrons. The van der Waals surface area contributed by atoms with Crippen LogP contribution < -0.4 is 31.8 Å². The molecule has 48 heavy (non-hydrogen) atoms. The van der Waals surface area contributed by atoms with Crippen molar-refractivity contribution in [3.63, 3.8) is 0 Å². The van der Waals surface area contributed by atoms with Gasteiger partial charge in [0.05, 0.1) is 0 Å². The van der Waals surface area contributed by atoms with Crippen LogP contribution in [0.5, 0.6) is 0 Å². The Bertz CT molecular complexity index is 2110. The molecule has 234 valence electrons. The van der Waals surface area contributed by atoms with Gasteiger partial charge in [0.1, 0.15) is 0 Å². The van der Waals surface area contributed by atoms with E-state index in [-0.39, 0.29) is 0 Å². The molecule has 0 unspecified atom stereocenters. The summed E-state index contributed by atoms with van der Waals surface area (Å²) < 4.78 is 0. The van der Waals surface area contributed by atoms with Gasteiger partial charge in [0, 0.05) is 0 Å². The first-order chi connectivity index (χ1) is 23.6. The molecule has 0 spiro atoms. The van der Waals surface area contributed by atoms with Crippen LogP contribution >= 0.6 is 35.7 Å². The molecule has 8 aromatic carbocycles. The van der Waals surface area contributed by atoms with Crippen LogP contribution in [0.2, 0.25) is 0 Å². The van der Waals surface area contributed by atoms with E-state index in [0.717, 1.165) is 31.8 Å². The molecule has 0 fully saturated rings. The molecule has 0 atom stereocenters. The summed E-state index contributed by atoms with van der Waals surface area (Å²) in [6, 6.07) is 69.2. The van der Waals surface area contributed by atoms with Gasteiger partial charge in [0.25, 0.3) is 0 Å². The average molecular weight is 696 g/mol. The predicted molar refractivity (Wildman–Crippen MR) is 219 cm³/mol. The summed E-state index contributed by atoms with van der Waals surface area (Å²) in [5.41, 5.74) is 2.33. The van der Waals surface area contributed by atoms with Crippen molar-refractivity contribution < 1.29 is 0 Å². The van der Waals surface area contributed by atoms with Crippen molar-refractivity contribution in [3.05, 3.63) is 194 Å². The number of halogens is 2. The van der Waals surface area contributed by atoms with Crippen LogP contribution in [-0.4, -0.2) is 0 Å². The molecule has 0 amide bonds. The minimum atomic E-state index is -3.11. The normalized spacial score (nSPS) is 12.6. The molecule has 0 aliphatic heterocycles. The van der Waals surface area contributed by atoms with E-state index in [0.29, 0.717) is 0 Å². The number of fused-ring (bicyclic) bond motifs is 2. The molecule has 0 bridgehead atoms. The van der Waals surface area contributed by atoms with Gasteiger partial charge in [-0.2, -0.15) is 0 Å².